The van der Waals surface area contributed by atoms with Crippen molar-refractivity contribution < 1.29 is 4.74 Å². The van der Waals surface area contributed by atoms with Crippen LogP contribution in [0.25, 0.3) is 0 Å². The molecule has 0 aromatic carbocycles. The van der Waals surface area contributed by atoms with Gasteiger partial charge in [-0.3, -0.25) is 4.90 Å². The minimum Gasteiger partial charge on any atom is -0.378 e. The van der Waals surface area contributed by atoms with E-state index in [1.165, 1.54) is 0 Å². The quantitative estimate of drug-likeness (QED) is 0.626. The second kappa shape index (κ2) is 5.54. The molecule has 2 N–H and O–H groups in total. The molecule has 0 radical (unpaired) electrons. The smallest absolute Gasteiger partial charge is 0.0634 e. The number of ether oxygens (including phenoxy) is 1. The molecule has 1 aliphatic heterocycles. The summed E-state index contributed by atoms with van der Waals surface area (Å²) in [6, 6.07) is 0.521. The molecule has 4 heteroatoms. The molecule has 0 aromatic heterocycles. The first-order valence-electron chi connectivity index (χ1n) is 4.90. The third kappa shape index (κ3) is 3.60. The van der Waals surface area contributed by atoms with Crippen LogP contribution in [0.3, 0.4) is 0 Å². The van der Waals surface area contributed by atoms with Gasteiger partial charge in [0.25, 0.3) is 0 Å². The molecular formula is C9H21N3O. The molecule has 1 rings (SSSR count). The molecule has 78 valence electrons. The van der Waals surface area contributed by atoms with E-state index >= 15 is 0 Å². The van der Waals surface area contributed by atoms with Crippen molar-refractivity contribution in [2.75, 3.05) is 53.5 Å². The van der Waals surface area contributed by atoms with Crippen molar-refractivity contribution in [2.24, 2.45) is 5.73 Å². The molecule has 1 unspecified atom stereocenters. The van der Waals surface area contributed by atoms with Gasteiger partial charge in [0, 0.05) is 32.2 Å². The Labute approximate surface area is 80.6 Å². The van der Waals surface area contributed by atoms with Gasteiger partial charge in [0.05, 0.1) is 13.2 Å². The van der Waals surface area contributed by atoms with Crippen molar-refractivity contribution >= 4 is 0 Å². The van der Waals surface area contributed by atoms with Crippen LogP contribution in [0, 0.1) is 0 Å². The summed E-state index contributed by atoms with van der Waals surface area (Å²) in [5.74, 6) is 0. The van der Waals surface area contributed by atoms with Gasteiger partial charge in [-0.2, -0.15) is 0 Å². The van der Waals surface area contributed by atoms with Gasteiger partial charge in [0.15, 0.2) is 0 Å². The molecular weight excluding hydrogens is 166 g/mol. The summed E-state index contributed by atoms with van der Waals surface area (Å²) in [4.78, 5) is 4.62. The van der Waals surface area contributed by atoms with Crippen molar-refractivity contribution in [3.63, 3.8) is 0 Å². The zero-order valence-corrected chi connectivity index (χ0v) is 8.70. The molecule has 0 bridgehead atoms. The minimum atomic E-state index is 0.521. The Hall–Kier alpha value is -0.160. The Kier molecular flexibility index (Phi) is 4.66. The number of nitrogens with two attached hydrogens (primary N) is 1. The first-order chi connectivity index (χ1) is 6.24. The summed E-state index contributed by atoms with van der Waals surface area (Å²) in [6.45, 7) is 5.50. The highest BCUT2D eigenvalue weighted by atomic mass is 16.5. The van der Waals surface area contributed by atoms with Gasteiger partial charge in [0.2, 0.25) is 0 Å². The lowest BCUT2D eigenvalue weighted by atomic mass is 10.2. The van der Waals surface area contributed by atoms with Gasteiger partial charge in [0.1, 0.15) is 0 Å². The second-order valence-electron chi connectivity index (χ2n) is 3.82. The molecule has 1 fully saturated rings. The second-order valence-corrected chi connectivity index (χ2v) is 3.82. The van der Waals surface area contributed by atoms with Crippen molar-refractivity contribution in [3.05, 3.63) is 0 Å². The highest BCUT2D eigenvalue weighted by Gasteiger charge is 2.22. The Morgan fingerprint density at radius 1 is 1.54 bits per heavy atom. The predicted octanol–water partition coefficient (Wildman–Crippen LogP) is -0.792. The number of nitrogens with zero attached hydrogens (tertiary/aromatic N) is 2. The highest BCUT2D eigenvalue weighted by molar-refractivity contribution is 4.77. The van der Waals surface area contributed by atoms with Crippen LogP contribution in [0.4, 0.5) is 0 Å². The summed E-state index contributed by atoms with van der Waals surface area (Å²) >= 11 is 0. The molecule has 0 amide bonds. The van der Waals surface area contributed by atoms with E-state index in [1.54, 1.807) is 0 Å². The van der Waals surface area contributed by atoms with Gasteiger partial charge in [-0.25, -0.2) is 0 Å². The monoisotopic (exact) mass is 187 g/mol. The summed E-state index contributed by atoms with van der Waals surface area (Å²) in [5, 5.41) is 0. The Bertz CT molecular complexity index is 139. The number of morpholine rings is 1. The average Bonchev–Trinajstić information content (AvgIpc) is 2.08. The van der Waals surface area contributed by atoms with E-state index in [0.717, 1.165) is 39.4 Å². The largest absolute Gasteiger partial charge is 0.378 e. The Balaban J connectivity index is 2.36. The normalized spacial score (nSPS) is 25.4. The van der Waals surface area contributed by atoms with Crippen LogP contribution in [0.1, 0.15) is 0 Å². The first kappa shape index (κ1) is 10.9. The van der Waals surface area contributed by atoms with Crippen molar-refractivity contribution in [2.45, 2.75) is 6.04 Å². The van der Waals surface area contributed by atoms with Gasteiger partial charge in [-0.1, -0.05) is 0 Å². The Morgan fingerprint density at radius 2 is 2.31 bits per heavy atom. The van der Waals surface area contributed by atoms with E-state index in [9.17, 15) is 0 Å². The molecule has 0 aliphatic carbocycles. The topological polar surface area (TPSA) is 41.7 Å². The fourth-order valence-corrected chi connectivity index (χ4v) is 1.74. The molecule has 0 spiro atoms. The molecule has 4 nitrogen and oxygen atoms in total. The molecule has 0 aromatic rings. The van der Waals surface area contributed by atoms with Crippen LogP contribution in [0.2, 0.25) is 0 Å². The molecule has 1 heterocycles. The van der Waals surface area contributed by atoms with Crippen molar-refractivity contribution in [1.29, 1.82) is 0 Å². The third-order valence-electron chi connectivity index (χ3n) is 2.34. The standard InChI is InChI=1S/C9H21N3O/c1-11(2)7-9-8-13-6-5-12(9)4-3-10/h9H,3-8,10H2,1-2H3. The summed E-state index contributed by atoms with van der Waals surface area (Å²) in [5.41, 5.74) is 5.56. The molecule has 1 saturated heterocycles. The van der Waals surface area contributed by atoms with Crippen LogP contribution in [0.15, 0.2) is 0 Å². The minimum absolute atomic E-state index is 0.521. The number of rotatable bonds is 4. The van der Waals surface area contributed by atoms with E-state index in [2.05, 4.69) is 23.9 Å². The summed E-state index contributed by atoms with van der Waals surface area (Å²) in [6.07, 6.45) is 0. The first-order valence-corrected chi connectivity index (χ1v) is 4.90. The molecule has 1 aliphatic rings. The number of hydrogen-bond donors (Lipinski definition) is 1. The van der Waals surface area contributed by atoms with Gasteiger partial charge < -0.3 is 15.4 Å². The van der Waals surface area contributed by atoms with Gasteiger partial charge in [-0.05, 0) is 14.1 Å². The van der Waals surface area contributed by atoms with E-state index in [-0.39, 0.29) is 0 Å². The van der Waals surface area contributed by atoms with Gasteiger partial charge in [-0.15, -0.1) is 0 Å². The maximum Gasteiger partial charge on any atom is 0.0634 e. The lowest BCUT2D eigenvalue weighted by Crippen LogP contribution is -2.51. The average molecular weight is 187 g/mol. The summed E-state index contributed by atoms with van der Waals surface area (Å²) in [7, 11) is 4.18. The van der Waals surface area contributed by atoms with Crippen LogP contribution in [-0.4, -0.2) is 69.3 Å². The van der Waals surface area contributed by atoms with E-state index in [0.29, 0.717) is 6.04 Å². The van der Waals surface area contributed by atoms with Crippen LogP contribution in [0.5, 0.6) is 0 Å². The zero-order chi connectivity index (χ0) is 9.68. The summed E-state index contributed by atoms with van der Waals surface area (Å²) < 4.78 is 5.45. The lowest BCUT2D eigenvalue weighted by Gasteiger charge is -2.36. The molecule has 0 saturated carbocycles. The maximum atomic E-state index is 5.56. The zero-order valence-electron chi connectivity index (χ0n) is 8.70. The lowest BCUT2D eigenvalue weighted by molar-refractivity contribution is -0.0138. The fourth-order valence-electron chi connectivity index (χ4n) is 1.74. The predicted molar refractivity (Wildman–Crippen MR) is 53.8 cm³/mol. The molecule has 13 heavy (non-hydrogen) atoms. The van der Waals surface area contributed by atoms with Crippen molar-refractivity contribution in [3.8, 4) is 0 Å². The van der Waals surface area contributed by atoms with Crippen LogP contribution >= 0.6 is 0 Å². The maximum absolute atomic E-state index is 5.56. The molecule has 1 atom stereocenters. The highest BCUT2D eigenvalue weighted by Crippen LogP contribution is 2.06. The number of likely N-dealkylation sites (N-methyl/N-ethyl adjacent to an activating group) is 1. The van der Waals surface area contributed by atoms with E-state index in [4.69, 9.17) is 10.5 Å². The van der Waals surface area contributed by atoms with Gasteiger partial charge >= 0.3 is 0 Å². The van der Waals surface area contributed by atoms with E-state index < -0.39 is 0 Å². The van der Waals surface area contributed by atoms with Crippen LogP contribution in [-0.2, 0) is 4.74 Å². The SMILES string of the molecule is CN(C)CC1COCCN1CCN. The fraction of sp³-hybridized carbons (Fsp3) is 1.00. The van der Waals surface area contributed by atoms with Crippen LogP contribution < -0.4 is 5.73 Å². The third-order valence-corrected chi connectivity index (χ3v) is 2.34. The Morgan fingerprint density at radius 3 is 2.92 bits per heavy atom. The van der Waals surface area contributed by atoms with E-state index in [1.807, 2.05) is 0 Å². The van der Waals surface area contributed by atoms with Crippen molar-refractivity contribution in [1.82, 2.24) is 9.80 Å². The number of hydrogen-bond acceptors (Lipinski definition) is 4.